The molecule has 1 atom stereocenters. The number of hydrogen-bond donors (Lipinski definition) is 3. The van der Waals surface area contributed by atoms with E-state index < -0.39 is 19.0 Å². The molecule has 0 aliphatic heterocycles. The van der Waals surface area contributed by atoms with Crippen LogP contribution in [0.4, 0.5) is 0 Å². The lowest BCUT2D eigenvalue weighted by Gasteiger charge is -2.17. The number of nitrogens with zero attached hydrogens (tertiary/aromatic N) is 1. The summed E-state index contributed by atoms with van der Waals surface area (Å²) in [6.45, 7) is 0. The summed E-state index contributed by atoms with van der Waals surface area (Å²) in [6, 6.07) is 14.1. The molecule has 0 saturated heterocycles. The molecule has 2 aromatic carbocycles. The summed E-state index contributed by atoms with van der Waals surface area (Å²) in [7, 11) is -1.76. The zero-order chi connectivity index (χ0) is 19.4. The number of nitriles is 1. The Morgan fingerprint density at radius 3 is 2.74 bits per heavy atom. The van der Waals surface area contributed by atoms with Crippen molar-refractivity contribution in [1.29, 1.82) is 5.26 Å². The molecule has 3 N–H and O–H groups in total. The van der Waals surface area contributed by atoms with E-state index in [1.54, 1.807) is 36.4 Å². The Kier molecular flexibility index (Phi) is 5.82. The number of carbonyl (C=O) groups excluding carboxylic acids is 1. The number of hydrogen-bond acceptors (Lipinski definition) is 5. The zero-order valence-corrected chi connectivity index (χ0v) is 15.0. The summed E-state index contributed by atoms with van der Waals surface area (Å²) in [5.74, 6) is -1.35. The van der Waals surface area contributed by atoms with Crippen molar-refractivity contribution < 1.29 is 19.3 Å². The molecule has 0 bridgehead atoms. The van der Waals surface area contributed by atoms with Crippen LogP contribution in [0.25, 0.3) is 11.0 Å². The maximum Gasteiger partial charge on any atom is 0.475 e. The van der Waals surface area contributed by atoms with Gasteiger partial charge >= 0.3 is 7.12 Å². The van der Waals surface area contributed by atoms with Gasteiger partial charge in [-0.25, -0.2) is 0 Å². The number of benzene rings is 2. The van der Waals surface area contributed by atoms with Gasteiger partial charge < -0.3 is 19.8 Å². The molecule has 0 fully saturated rings. The Balaban J connectivity index is 1.75. The first-order valence-corrected chi connectivity index (χ1v) is 8.65. The number of para-hydroxylation sites is 1. The Hall–Kier alpha value is -2.79. The van der Waals surface area contributed by atoms with Crippen LogP contribution in [0.3, 0.4) is 0 Å². The van der Waals surface area contributed by atoms with E-state index >= 15 is 0 Å². The number of furan rings is 1. The smallest absolute Gasteiger partial charge is 0.462 e. The molecular weight excluding hydrogens is 366 g/mol. The van der Waals surface area contributed by atoms with Gasteiger partial charge in [0.1, 0.15) is 0 Å². The van der Waals surface area contributed by atoms with Crippen LogP contribution in [0.15, 0.2) is 53.1 Å². The monoisotopic (exact) mass is 382 g/mol. The molecule has 0 unspecified atom stereocenters. The highest BCUT2D eigenvalue weighted by molar-refractivity contribution is 6.43. The van der Waals surface area contributed by atoms with Gasteiger partial charge in [0.25, 0.3) is 0 Å². The Morgan fingerprint density at radius 2 is 2.00 bits per heavy atom. The minimum Gasteiger partial charge on any atom is -0.462 e. The minimum atomic E-state index is -1.76. The topological polar surface area (TPSA) is 106 Å². The molecule has 1 aromatic heterocycles. The van der Waals surface area contributed by atoms with Crippen LogP contribution in [0.2, 0.25) is 5.02 Å². The number of fused-ring (bicyclic) bond motifs is 1. The second-order valence-electron chi connectivity index (χ2n) is 6.11. The molecule has 1 amide bonds. The van der Waals surface area contributed by atoms with Crippen LogP contribution < -0.4 is 5.32 Å². The summed E-state index contributed by atoms with van der Waals surface area (Å²) >= 11 is 6.08. The number of amides is 1. The van der Waals surface area contributed by atoms with Gasteiger partial charge in [-0.05, 0) is 29.7 Å². The van der Waals surface area contributed by atoms with Crippen molar-refractivity contribution in [2.24, 2.45) is 0 Å². The molecule has 6 nitrogen and oxygen atoms in total. The summed E-state index contributed by atoms with van der Waals surface area (Å²) in [4.78, 5) is 12.4. The predicted octanol–water partition coefficient (Wildman–Crippen LogP) is 2.24. The van der Waals surface area contributed by atoms with Crippen molar-refractivity contribution in [3.63, 3.8) is 0 Å². The van der Waals surface area contributed by atoms with Crippen molar-refractivity contribution >= 4 is 35.6 Å². The first kappa shape index (κ1) is 19.0. The molecule has 3 rings (SSSR count). The fraction of sp³-hybridized carbons (Fsp3) is 0.158. The van der Waals surface area contributed by atoms with Crippen molar-refractivity contribution in [2.45, 2.75) is 18.8 Å². The fourth-order valence-corrected chi connectivity index (χ4v) is 3.13. The molecule has 3 aromatic rings. The van der Waals surface area contributed by atoms with Gasteiger partial charge in [0, 0.05) is 5.39 Å². The summed E-state index contributed by atoms with van der Waals surface area (Å²) in [6.07, 6.45) is 1.60. The van der Waals surface area contributed by atoms with Crippen molar-refractivity contribution in [3.05, 3.63) is 70.4 Å². The fourth-order valence-electron chi connectivity index (χ4n) is 2.92. The lowest BCUT2D eigenvalue weighted by molar-refractivity contribution is -0.120. The number of halogens is 1. The third-order valence-corrected chi connectivity index (χ3v) is 4.56. The second-order valence-corrected chi connectivity index (χ2v) is 6.52. The maximum absolute atomic E-state index is 12.4. The maximum atomic E-state index is 12.4. The minimum absolute atomic E-state index is 0.0368. The van der Waals surface area contributed by atoms with Gasteiger partial charge in [0.05, 0.1) is 35.3 Å². The normalized spacial score (nSPS) is 11.8. The first-order chi connectivity index (χ1) is 13.0. The first-order valence-electron chi connectivity index (χ1n) is 8.27. The third-order valence-electron chi connectivity index (χ3n) is 4.27. The van der Waals surface area contributed by atoms with Crippen LogP contribution in [0, 0.1) is 11.3 Å². The zero-order valence-electron chi connectivity index (χ0n) is 14.2. The quantitative estimate of drug-likeness (QED) is 0.567. The van der Waals surface area contributed by atoms with Crippen LogP contribution >= 0.6 is 11.6 Å². The average Bonchev–Trinajstić information content (AvgIpc) is 3.06. The molecule has 0 aliphatic rings. The van der Waals surface area contributed by atoms with Gasteiger partial charge in [-0.2, -0.15) is 5.26 Å². The lowest BCUT2D eigenvalue weighted by Crippen LogP contribution is -2.48. The highest BCUT2D eigenvalue weighted by atomic mass is 35.5. The third kappa shape index (κ3) is 4.31. The van der Waals surface area contributed by atoms with E-state index in [0.717, 1.165) is 5.39 Å². The molecule has 0 saturated carbocycles. The highest BCUT2D eigenvalue weighted by Crippen LogP contribution is 2.28. The van der Waals surface area contributed by atoms with Crippen molar-refractivity contribution in [1.82, 2.24) is 5.32 Å². The molecular formula is C19H16BClN2O4. The lowest BCUT2D eigenvalue weighted by atomic mass is 9.75. The van der Waals surface area contributed by atoms with Gasteiger partial charge in [-0.15, -0.1) is 0 Å². The molecule has 1 heterocycles. The second kappa shape index (κ2) is 8.27. The van der Waals surface area contributed by atoms with Crippen LogP contribution in [0.5, 0.6) is 0 Å². The highest BCUT2D eigenvalue weighted by Gasteiger charge is 2.27. The van der Waals surface area contributed by atoms with Crippen LogP contribution in [-0.4, -0.2) is 29.0 Å². The van der Waals surface area contributed by atoms with E-state index in [4.69, 9.17) is 21.3 Å². The summed E-state index contributed by atoms with van der Waals surface area (Å²) in [5.41, 5.74) is 2.19. The van der Waals surface area contributed by atoms with Gasteiger partial charge in [0.2, 0.25) is 5.91 Å². The van der Waals surface area contributed by atoms with Gasteiger partial charge in [0.15, 0.2) is 5.58 Å². The Morgan fingerprint density at radius 1 is 1.22 bits per heavy atom. The molecule has 8 heteroatoms. The van der Waals surface area contributed by atoms with E-state index in [0.29, 0.717) is 27.3 Å². The average molecular weight is 383 g/mol. The SMILES string of the molecule is N#Cc1ccccc1CC(=O)N[C@@H](Cc1coc2c(Cl)cccc12)B(O)O. The van der Waals surface area contributed by atoms with Gasteiger partial charge in [-0.3, -0.25) is 4.79 Å². The van der Waals surface area contributed by atoms with E-state index in [2.05, 4.69) is 5.32 Å². The van der Waals surface area contributed by atoms with Crippen molar-refractivity contribution in [2.75, 3.05) is 0 Å². The Labute approximate surface area is 161 Å². The van der Waals surface area contributed by atoms with E-state index in [9.17, 15) is 14.8 Å². The standard InChI is InChI=1S/C19H16BClN2O4/c21-16-7-3-6-15-14(11-27-19(15)16)8-17(20(25)26)23-18(24)9-12-4-1-2-5-13(12)10-22/h1-7,11,17,25-26H,8-9H2,(H,23,24)/t17-/m0/s1. The van der Waals surface area contributed by atoms with E-state index in [1.165, 1.54) is 6.26 Å². The number of rotatable bonds is 6. The van der Waals surface area contributed by atoms with Crippen LogP contribution in [-0.2, 0) is 17.6 Å². The summed E-state index contributed by atoms with van der Waals surface area (Å²) < 4.78 is 5.45. The summed E-state index contributed by atoms with van der Waals surface area (Å²) in [5, 5.41) is 32.3. The molecule has 0 radical (unpaired) electrons. The number of carbonyl (C=O) groups is 1. The van der Waals surface area contributed by atoms with E-state index in [1.807, 2.05) is 12.1 Å². The molecule has 136 valence electrons. The molecule has 0 aliphatic carbocycles. The number of nitrogens with one attached hydrogen (secondary N) is 1. The largest absolute Gasteiger partial charge is 0.475 e. The van der Waals surface area contributed by atoms with Gasteiger partial charge in [-0.1, -0.05) is 41.9 Å². The molecule has 0 spiro atoms. The van der Waals surface area contributed by atoms with E-state index in [-0.39, 0.29) is 12.8 Å². The Bertz CT molecular complexity index is 1010. The molecule has 27 heavy (non-hydrogen) atoms. The predicted molar refractivity (Wildman–Crippen MR) is 102 cm³/mol. The van der Waals surface area contributed by atoms with Crippen LogP contribution in [0.1, 0.15) is 16.7 Å². The van der Waals surface area contributed by atoms with Crippen molar-refractivity contribution in [3.8, 4) is 6.07 Å².